The molecule has 0 spiro atoms. The van der Waals surface area contributed by atoms with Crippen LogP contribution in [0.15, 0.2) is 107 Å². The van der Waals surface area contributed by atoms with Gasteiger partial charge in [-0.05, 0) is 52.7 Å². The molecule has 0 saturated carbocycles. The minimum absolute atomic E-state index is 0.210. The van der Waals surface area contributed by atoms with Gasteiger partial charge in [0, 0.05) is 36.3 Å². The fraction of sp³-hybridized carbons (Fsp3) is 0.176. The second kappa shape index (κ2) is 11.1. The standard InChI is InChI=1S/C34H28N4O4S2/c1-36(2)24-16-13-21(14-17-24)27-28-29(32(41)38(31(28)40)25-10-4-3-5-11-25)43-33-30(27)44-34(42)37(33)19-26(39)35-23-15-12-20-8-6-7-9-22(20)18-23/h3-18,27-29H,19H2,1-2H3,(H,35,39)/t27-,28?,29?/m1/s1. The Hall–Kier alpha value is -4.67. The maximum absolute atomic E-state index is 14.0. The number of carbonyl (C=O) groups is 3. The van der Waals surface area contributed by atoms with Crippen LogP contribution in [0.4, 0.5) is 17.1 Å². The molecule has 220 valence electrons. The Labute approximate surface area is 261 Å². The fourth-order valence-corrected chi connectivity index (χ4v) is 8.81. The number of imide groups is 1. The Kier molecular flexibility index (Phi) is 7.10. The number of nitrogens with zero attached hydrogens (tertiary/aromatic N) is 3. The normalized spacial score (nSPS) is 19.1. The molecule has 5 aromatic rings. The molecule has 3 heterocycles. The number of carbonyl (C=O) groups excluding carboxylic acids is 3. The van der Waals surface area contributed by atoms with E-state index in [4.69, 9.17) is 0 Å². The first-order valence-electron chi connectivity index (χ1n) is 14.2. The van der Waals surface area contributed by atoms with Gasteiger partial charge in [-0.1, -0.05) is 83.8 Å². The van der Waals surface area contributed by atoms with E-state index in [-0.39, 0.29) is 29.1 Å². The van der Waals surface area contributed by atoms with Crippen LogP contribution < -0.4 is 20.0 Å². The van der Waals surface area contributed by atoms with E-state index >= 15 is 0 Å². The topological polar surface area (TPSA) is 91.7 Å². The highest BCUT2D eigenvalue weighted by Gasteiger charge is 2.56. The van der Waals surface area contributed by atoms with Crippen LogP contribution in [-0.2, 0) is 20.9 Å². The lowest BCUT2D eigenvalue weighted by molar-refractivity contribution is -0.122. The van der Waals surface area contributed by atoms with Crippen LogP contribution in [0.5, 0.6) is 0 Å². The summed E-state index contributed by atoms with van der Waals surface area (Å²) in [6.45, 7) is -0.210. The van der Waals surface area contributed by atoms with Crippen LogP contribution >= 0.6 is 23.1 Å². The lowest BCUT2D eigenvalue weighted by atomic mass is 9.83. The smallest absolute Gasteiger partial charge is 0.308 e. The number of rotatable bonds is 6. The molecule has 1 N–H and O–H groups in total. The van der Waals surface area contributed by atoms with Gasteiger partial charge < -0.3 is 10.2 Å². The van der Waals surface area contributed by atoms with Gasteiger partial charge in [0.1, 0.15) is 11.8 Å². The summed E-state index contributed by atoms with van der Waals surface area (Å²) in [5, 5.41) is 4.80. The Morgan fingerprint density at radius 2 is 1.55 bits per heavy atom. The average molecular weight is 621 g/mol. The molecule has 44 heavy (non-hydrogen) atoms. The quantitative estimate of drug-likeness (QED) is 0.250. The maximum atomic E-state index is 14.0. The summed E-state index contributed by atoms with van der Waals surface area (Å²) in [6, 6.07) is 30.3. The summed E-state index contributed by atoms with van der Waals surface area (Å²) in [6.07, 6.45) is 0. The van der Waals surface area contributed by atoms with E-state index in [0.717, 1.165) is 33.4 Å². The minimum Gasteiger partial charge on any atom is -0.378 e. The highest BCUT2D eigenvalue weighted by molar-refractivity contribution is 8.00. The summed E-state index contributed by atoms with van der Waals surface area (Å²) in [7, 11) is 3.90. The van der Waals surface area contributed by atoms with Gasteiger partial charge in [-0.3, -0.25) is 23.7 Å². The molecule has 10 heteroatoms. The average Bonchev–Trinajstić information content (AvgIpc) is 3.47. The number of thioether (sulfide) groups is 1. The molecule has 2 unspecified atom stereocenters. The number of hydrogen-bond acceptors (Lipinski definition) is 7. The molecular formula is C34H28N4O4S2. The second-order valence-electron chi connectivity index (χ2n) is 11.1. The van der Waals surface area contributed by atoms with Crippen LogP contribution in [0.25, 0.3) is 10.8 Å². The number of thiazole rings is 1. The minimum atomic E-state index is -0.738. The lowest BCUT2D eigenvalue weighted by Gasteiger charge is -2.31. The molecule has 0 aliphatic carbocycles. The van der Waals surface area contributed by atoms with E-state index in [0.29, 0.717) is 21.3 Å². The third-order valence-corrected chi connectivity index (χ3v) is 10.8. The van der Waals surface area contributed by atoms with Crippen molar-refractivity contribution in [3.8, 4) is 0 Å². The highest BCUT2D eigenvalue weighted by Crippen LogP contribution is 2.54. The van der Waals surface area contributed by atoms with Crippen molar-refractivity contribution in [3.63, 3.8) is 0 Å². The third-order valence-electron chi connectivity index (χ3n) is 8.17. The van der Waals surface area contributed by atoms with Crippen molar-refractivity contribution in [3.05, 3.63) is 117 Å². The SMILES string of the molecule is CN(C)c1ccc([C@H]2c3sc(=O)n(CC(=O)Nc4ccc5ccccc5c4)c3SC3C(=O)N(c4ccccc4)C(=O)C32)cc1. The first-order chi connectivity index (χ1) is 21.3. The van der Waals surface area contributed by atoms with E-state index < -0.39 is 17.1 Å². The summed E-state index contributed by atoms with van der Waals surface area (Å²) < 4.78 is 1.45. The third kappa shape index (κ3) is 4.80. The van der Waals surface area contributed by atoms with Crippen molar-refractivity contribution in [2.45, 2.75) is 22.7 Å². The van der Waals surface area contributed by atoms with Crippen LogP contribution in [0, 0.1) is 5.92 Å². The molecule has 4 aromatic carbocycles. The van der Waals surface area contributed by atoms with E-state index in [1.165, 1.54) is 21.2 Å². The van der Waals surface area contributed by atoms with Crippen LogP contribution in [0.1, 0.15) is 16.4 Å². The molecule has 0 bridgehead atoms. The Bertz CT molecular complexity index is 1980. The molecule has 2 aliphatic heterocycles. The number of hydrogen-bond donors (Lipinski definition) is 1. The van der Waals surface area contributed by atoms with Gasteiger partial charge in [0.15, 0.2) is 0 Å². The molecule has 1 aromatic heterocycles. The number of para-hydroxylation sites is 1. The monoisotopic (exact) mass is 620 g/mol. The van der Waals surface area contributed by atoms with Crippen molar-refractivity contribution in [2.24, 2.45) is 5.92 Å². The van der Waals surface area contributed by atoms with Crippen LogP contribution in [0.2, 0.25) is 0 Å². The molecule has 1 fully saturated rings. The van der Waals surface area contributed by atoms with Gasteiger partial charge in [-0.25, -0.2) is 4.90 Å². The zero-order valence-electron chi connectivity index (χ0n) is 24.0. The molecule has 3 atom stereocenters. The van der Waals surface area contributed by atoms with Crippen molar-refractivity contribution in [1.29, 1.82) is 0 Å². The fourth-order valence-electron chi connectivity index (χ4n) is 6.04. The van der Waals surface area contributed by atoms with Crippen molar-refractivity contribution >= 4 is 68.7 Å². The highest BCUT2D eigenvalue weighted by atomic mass is 32.2. The van der Waals surface area contributed by atoms with Crippen molar-refractivity contribution in [1.82, 2.24) is 4.57 Å². The number of amides is 3. The first-order valence-corrected chi connectivity index (χ1v) is 15.9. The number of benzene rings is 4. The van der Waals surface area contributed by atoms with E-state index in [2.05, 4.69) is 5.32 Å². The van der Waals surface area contributed by atoms with Gasteiger partial charge in [0.2, 0.25) is 17.7 Å². The summed E-state index contributed by atoms with van der Waals surface area (Å²) in [5.74, 6) is -2.16. The molecule has 1 saturated heterocycles. The van der Waals surface area contributed by atoms with E-state index in [1.54, 1.807) is 24.3 Å². The summed E-state index contributed by atoms with van der Waals surface area (Å²) in [5.41, 5.74) is 2.99. The summed E-state index contributed by atoms with van der Waals surface area (Å²) in [4.78, 5) is 58.3. The van der Waals surface area contributed by atoms with Gasteiger partial charge >= 0.3 is 4.87 Å². The number of anilines is 3. The molecule has 3 amide bonds. The molecular weight excluding hydrogens is 593 g/mol. The van der Waals surface area contributed by atoms with Crippen molar-refractivity contribution in [2.75, 3.05) is 29.2 Å². The van der Waals surface area contributed by atoms with E-state index in [1.807, 2.05) is 91.8 Å². The lowest BCUT2D eigenvalue weighted by Crippen LogP contribution is -2.33. The zero-order valence-corrected chi connectivity index (χ0v) is 25.6. The predicted molar refractivity (Wildman–Crippen MR) is 176 cm³/mol. The summed E-state index contributed by atoms with van der Waals surface area (Å²) >= 11 is 2.26. The second-order valence-corrected chi connectivity index (χ2v) is 13.2. The Morgan fingerprint density at radius 1 is 0.841 bits per heavy atom. The van der Waals surface area contributed by atoms with Gasteiger partial charge in [-0.15, -0.1) is 0 Å². The number of fused-ring (bicyclic) bond motifs is 3. The molecule has 2 aliphatic rings. The van der Waals surface area contributed by atoms with E-state index in [9.17, 15) is 19.2 Å². The predicted octanol–water partition coefficient (Wildman–Crippen LogP) is 5.56. The first kappa shape index (κ1) is 28.1. The Balaban J connectivity index is 1.26. The molecule has 7 rings (SSSR count). The van der Waals surface area contributed by atoms with Gasteiger partial charge in [0.05, 0.1) is 16.6 Å². The van der Waals surface area contributed by atoms with Crippen molar-refractivity contribution < 1.29 is 14.4 Å². The van der Waals surface area contributed by atoms with Gasteiger partial charge in [-0.2, -0.15) is 0 Å². The number of aromatic nitrogens is 1. The van der Waals surface area contributed by atoms with Crippen LogP contribution in [-0.4, -0.2) is 41.6 Å². The largest absolute Gasteiger partial charge is 0.378 e. The number of nitrogens with one attached hydrogen (secondary N) is 1. The van der Waals surface area contributed by atoms with Gasteiger partial charge in [0.25, 0.3) is 0 Å². The molecule has 8 nitrogen and oxygen atoms in total. The zero-order chi connectivity index (χ0) is 30.5. The molecule has 0 radical (unpaired) electrons. The Morgan fingerprint density at radius 3 is 2.27 bits per heavy atom. The van der Waals surface area contributed by atoms with Crippen LogP contribution in [0.3, 0.4) is 0 Å². The maximum Gasteiger partial charge on any atom is 0.308 e.